The maximum absolute atomic E-state index is 12.7. The lowest BCUT2D eigenvalue weighted by molar-refractivity contribution is -0.384. The Kier molecular flexibility index (Phi) is 5.48. The summed E-state index contributed by atoms with van der Waals surface area (Å²) in [5.41, 5.74) is 0.660. The molecule has 114 valence electrons. The van der Waals surface area contributed by atoms with Gasteiger partial charge in [-0.1, -0.05) is 0 Å². The molecule has 0 aliphatic carbocycles. The zero-order valence-electron chi connectivity index (χ0n) is 11.4. The molecule has 0 saturated heterocycles. The van der Waals surface area contributed by atoms with Crippen molar-refractivity contribution < 1.29 is 18.8 Å². The van der Waals surface area contributed by atoms with E-state index in [0.29, 0.717) is 5.56 Å². The van der Waals surface area contributed by atoms with Gasteiger partial charge in [-0.3, -0.25) is 14.9 Å². The van der Waals surface area contributed by atoms with Crippen molar-refractivity contribution in [2.45, 2.75) is 11.5 Å². The van der Waals surface area contributed by atoms with Crippen LogP contribution in [-0.2, 0) is 16.1 Å². The second-order valence-corrected chi connectivity index (χ2v) is 5.38. The van der Waals surface area contributed by atoms with E-state index in [-0.39, 0.29) is 23.9 Å². The number of rotatable bonds is 6. The van der Waals surface area contributed by atoms with Crippen LogP contribution in [0.3, 0.4) is 0 Å². The van der Waals surface area contributed by atoms with E-state index in [4.69, 9.17) is 4.74 Å². The summed E-state index contributed by atoms with van der Waals surface area (Å²) in [5.74, 6) is -0.628. The highest BCUT2D eigenvalue weighted by atomic mass is 32.2. The molecule has 2 rings (SSSR count). The van der Waals surface area contributed by atoms with Gasteiger partial charge in [0.25, 0.3) is 5.69 Å². The van der Waals surface area contributed by atoms with Gasteiger partial charge in [-0.05, 0) is 42.0 Å². The monoisotopic (exact) mass is 321 g/mol. The van der Waals surface area contributed by atoms with Crippen LogP contribution in [0.2, 0.25) is 0 Å². The molecule has 22 heavy (non-hydrogen) atoms. The van der Waals surface area contributed by atoms with Crippen LogP contribution in [0.15, 0.2) is 53.4 Å². The molecule has 0 saturated carbocycles. The number of non-ortho nitro benzene ring substituents is 1. The van der Waals surface area contributed by atoms with Crippen molar-refractivity contribution in [3.05, 3.63) is 70.0 Å². The topological polar surface area (TPSA) is 69.4 Å². The van der Waals surface area contributed by atoms with Gasteiger partial charge in [-0.25, -0.2) is 4.39 Å². The third kappa shape index (κ3) is 4.85. The molecule has 0 atom stereocenters. The van der Waals surface area contributed by atoms with E-state index in [1.54, 1.807) is 24.3 Å². The number of halogens is 1. The predicted octanol–water partition coefficient (Wildman–Crippen LogP) is 3.57. The first-order chi connectivity index (χ1) is 10.5. The molecule has 0 aliphatic rings. The van der Waals surface area contributed by atoms with Crippen molar-refractivity contribution >= 4 is 23.4 Å². The first kappa shape index (κ1) is 16.0. The first-order valence-corrected chi connectivity index (χ1v) is 7.30. The zero-order chi connectivity index (χ0) is 15.9. The van der Waals surface area contributed by atoms with E-state index >= 15 is 0 Å². The molecule has 0 radical (unpaired) electrons. The summed E-state index contributed by atoms with van der Waals surface area (Å²) in [6, 6.07) is 11.6. The lowest BCUT2D eigenvalue weighted by atomic mass is 10.2. The second kappa shape index (κ2) is 7.56. The van der Waals surface area contributed by atoms with Crippen LogP contribution in [0.4, 0.5) is 10.1 Å². The number of thioether (sulfide) groups is 1. The van der Waals surface area contributed by atoms with Crippen molar-refractivity contribution in [1.82, 2.24) is 0 Å². The number of ether oxygens (including phenoxy) is 1. The molecule has 0 unspecified atom stereocenters. The number of nitro groups is 1. The molecule has 2 aromatic carbocycles. The molecule has 2 aromatic rings. The number of hydrogen-bond donors (Lipinski definition) is 0. The van der Waals surface area contributed by atoms with Crippen LogP contribution < -0.4 is 0 Å². The zero-order valence-corrected chi connectivity index (χ0v) is 12.2. The number of carbonyl (C=O) groups excluding carboxylic acids is 1. The number of carbonyl (C=O) groups is 1. The summed E-state index contributed by atoms with van der Waals surface area (Å²) in [6.45, 7) is 0.0564. The summed E-state index contributed by atoms with van der Waals surface area (Å²) in [5, 5.41) is 10.5. The Hall–Kier alpha value is -2.41. The Morgan fingerprint density at radius 3 is 2.36 bits per heavy atom. The number of esters is 1. The molecule has 0 N–H and O–H groups in total. The molecule has 0 fully saturated rings. The number of nitrogens with zero attached hydrogens (tertiary/aromatic N) is 1. The molecule has 0 spiro atoms. The molecular formula is C15H12FNO4S. The van der Waals surface area contributed by atoms with Crippen LogP contribution in [0.5, 0.6) is 0 Å². The normalized spacial score (nSPS) is 10.2. The minimum absolute atomic E-state index is 0.0121. The first-order valence-electron chi connectivity index (χ1n) is 6.32. The lowest BCUT2D eigenvalue weighted by Crippen LogP contribution is -2.07. The highest BCUT2D eigenvalue weighted by Gasteiger charge is 2.07. The molecule has 5 nitrogen and oxygen atoms in total. The maximum Gasteiger partial charge on any atom is 0.316 e. The van der Waals surface area contributed by atoms with Gasteiger partial charge in [0.05, 0.1) is 10.7 Å². The van der Waals surface area contributed by atoms with Crippen LogP contribution in [0, 0.1) is 15.9 Å². The fraction of sp³-hybridized carbons (Fsp3) is 0.133. The molecule has 7 heteroatoms. The highest BCUT2D eigenvalue weighted by molar-refractivity contribution is 8.00. The minimum atomic E-state index is -0.491. The van der Waals surface area contributed by atoms with Gasteiger partial charge in [0.15, 0.2) is 0 Å². The lowest BCUT2D eigenvalue weighted by Gasteiger charge is -2.05. The maximum atomic E-state index is 12.7. The fourth-order valence-electron chi connectivity index (χ4n) is 1.59. The summed E-state index contributed by atoms with van der Waals surface area (Å²) in [6.07, 6.45) is 0. The average Bonchev–Trinajstić information content (AvgIpc) is 2.52. The van der Waals surface area contributed by atoms with E-state index in [1.165, 1.54) is 36.0 Å². The van der Waals surface area contributed by atoms with Crippen molar-refractivity contribution in [3.63, 3.8) is 0 Å². The summed E-state index contributed by atoms with van der Waals surface area (Å²) < 4.78 is 17.8. The van der Waals surface area contributed by atoms with Gasteiger partial charge in [-0.15, -0.1) is 11.8 Å². The Bertz CT molecular complexity index is 658. The average molecular weight is 321 g/mol. The van der Waals surface area contributed by atoms with E-state index in [0.717, 1.165) is 4.90 Å². The van der Waals surface area contributed by atoms with Crippen LogP contribution in [-0.4, -0.2) is 16.6 Å². The van der Waals surface area contributed by atoms with Crippen molar-refractivity contribution in [1.29, 1.82) is 0 Å². The standard InChI is InChI=1S/C15H12FNO4S/c16-12-3-7-14(8-4-12)22-10-15(18)21-9-11-1-5-13(6-2-11)17(19)20/h1-8H,9-10H2. The quantitative estimate of drug-likeness (QED) is 0.352. The SMILES string of the molecule is O=C(CSc1ccc(F)cc1)OCc1ccc([N+](=O)[O-])cc1. The van der Waals surface area contributed by atoms with Crippen LogP contribution in [0.25, 0.3) is 0 Å². The summed E-state index contributed by atoms with van der Waals surface area (Å²) >= 11 is 1.25. The van der Waals surface area contributed by atoms with Gasteiger partial charge in [0, 0.05) is 17.0 Å². The fourth-order valence-corrected chi connectivity index (χ4v) is 2.29. The van der Waals surface area contributed by atoms with Gasteiger partial charge in [-0.2, -0.15) is 0 Å². The van der Waals surface area contributed by atoms with E-state index in [1.807, 2.05) is 0 Å². The Labute approximate surface area is 130 Å². The van der Waals surface area contributed by atoms with Gasteiger partial charge < -0.3 is 4.74 Å². The van der Waals surface area contributed by atoms with E-state index in [9.17, 15) is 19.3 Å². The third-order valence-electron chi connectivity index (χ3n) is 2.72. The Morgan fingerprint density at radius 2 is 1.77 bits per heavy atom. The minimum Gasteiger partial charge on any atom is -0.460 e. The van der Waals surface area contributed by atoms with Crippen molar-refractivity contribution in [2.75, 3.05) is 5.75 Å². The van der Waals surface area contributed by atoms with Crippen molar-refractivity contribution in [3.8, 4) is 0 Å². The summed E-state index contributed by atoms with van der Waals surface area (Å²) in [7, 11) is 0. The predicted molar refractivity (Wildman–Crippen MR) is 80.0 cm³/mol. The highest BCUT2D eigenvalue weighted by Crippen LogP contribution is 2.18. The molecule has 0 amide bonds. The Balaban J connectivity index is 1.77. The molecular weight excluding hydrogens is 309 g/mol. The van der Waals surface area contributed by atoms with Crippen LogP contribution in [0.1, 0.15) is 5.56 Å². The van der Waals surface area contributed by atoms with Gasteiger partial charge >= 0.3 is 5.97 Å². The second-order valence-electron chi connectivity index (χ2n) is 4.33. The van der Waals surface area contributed by atoms with E-state index < -0.39 is 10.9 Å². The van der Waals surface area contributed by atoms with Crippen molar-refractivity contribution in [2.24, 2.45) is 0 Å². The van der Waals surface area contributed by atoms with Gasteiger partial charge in [0.2, 0.25) is 0 Å². The smallest absolute Gasteiger partial charge is 0.316 e. The molecule has 0 aliphatic heterocycles. The number of benzene rings is 2. The largest absolute Gasteiger partial charge is 0.460 e. The summed E-state index contributed by atoms with van der Waals surface area (Å²) in [4.78, 5) is 22.4. The van der Waals surface area contributed by atoms with Crippen LogP contribution >= 0.6 is 11.8 Å². The van der Waals surface area contributed by atoms with Gasteiger partial charge in [0.1, 0.15) is 12.4 Å². The third-order valence-corrected chi connectivity index (χ3v) is 3.70. The Morgan fingerprint density at radius 1 is 1.14 bits per heavy atom. The number of nitro benzene ring substituents is 1. The van der Waals surface area contributed by atoms with E-state index in [2.05, 4.69) is 0 Å². The number of hydrogen-bond acceptors (Lipinski definition) is 5. The molecule has 0 bridgehead atoms. The molecule has 0 heterocycles. The molecule has 0 aromatic heterocycles.